The molecule has 142 valence electrons. The fraction of sp³-hybridized carbons (Fsp3) is 0.316. The molecule has 0 bridgehead atoms. The average Bonchev–Trinajstić information content (AvgIpc) is 2.59. The lowest BCUT2D eigenvalue weighted by Crippen LogP contribution is -2.33. The zero-order valence-electron chi connectivity index (χ0n) is 14.2. The summed E-state index contributed by atoms with van der Waals surface area (Å²) in [6.45, 7) is 1.45. The Morgan fingerprint density at radius 2 is 1.58 bits per heavy atom. The van der Waals surface area contributed by atoms with Crippen molar-refractivity contribution in [1.82, 2.24) is 4.90 Å². The summed E-state index contributed by atoms with van der Waals surface area (Å²) in [7, 11) is 0. The van der Waals surface area contributed by atoms with Gasteiger partial charge in [-0.25, -0.2) is 0 Å². The van der Waals surface area contributed by atoms with Crippen LogP contribution >= 0.6 is 12.4 Å². The van der Waals surface area contributed by atoms with Crippen molar-refractivity contribution in [2.45, 2.75) is 25.6 Å². The molecule has 0 spiro atoms. The van der Waals surface area contributed by atoms with E-state index in [-0.39, 0.29) is 24.7 Å². The van der Waals surface area contributed by atoms with E-state index < -0.39 is 11.7 Å². The highest BCUT2D eigenvalue weighted by molar-refractivity contribution is 5.85. The Morgan fingerprint density at radius 3 is 2.12 bits per heavy atom. The summed E-state index contributed by atoms with van der Waals surface area (Å²) in [6.07, 6.45) is -3.63. The molecule has 0 unspecified atom stereocenters. The molecule has 7 heteroatoms. The second kappa shape index (κ2) is 10.2. The van der Waals surface area contributed by atoms with Crippen LogP contribution in [0.15, 0.2) is 54.6 Å². The van der Waals surface area contributed by atoms with Crippen LogP contribution in [0.1, 0.15) is 23.1 Å². The number of benzene rings is 2. The Hall–Kier alpha value is -2.05. The Kier molecular flexibility index (Phi) is 8.61. The van der Waals surface area contributed by atoms with Gasteiger partial charge in [0, 0.05) is 13.1 Å². The van der Waals surface area contributed by atoms with Crippen LogP contribution in [0.2, 0.25) is 0 Å². The number of alkyl halides is 3. The summed E-state index contributed by atoms with van der Waals surface area (Å²) in [5, 5.41) is 0. The van der Waals surface area contributed by atoms with Gasteiger partial charge in [-0.3, -0.25) is 4.79 Å². The van der Waals surface area contributed by atoms with Crippen molar-refractivity contribution < 1.29 is 18.0 Å². The third kappa shape index (κ3) is 6.69. The number of carbonyl (C=O) groups excluding carboxylic acids is 1. The van der Waals surface area contributed by atoms with Crippen molar-refractivity contribution in [3.8, 4) is 0 Å². The summed E-state index contributed by atoms with van der Waals surface area (Å²) in [6, 6.07) is 14.3. The SMILES string of the molecule is Cl.NCCCN(Cc1ccccc1)C(=O)Cc1ccc(C(F)(F)F)cc1. The van der Waals surface area contributed by atoms with Gasteiger partial charge in [-0.1, -0.05) is 42.5 Å². The van der Waals surface area contributed by atoms with Gasteiger partial charge < -0.3 is 10.6 Å². The quantitative estimate of drug-likeness (QED) is 0.780. The maximum absolute atomic E-state index is 12.6. The number of carbonyl (C=O) groups is 1. The van der Waals surface area contributed by atoms with Crippen LogP contribution in [0.3, 0.4) is 0 Å². The number of hydrogen-bond donors (Lipinski definition) is 1. The van der Waals surface area contributed by atoms with Gasteiger partial charge in [-0.15, -0.1) is 12.4 Å². The predicted molar refractivity (Wildman–Crippen MR) is 97.9 cm³/mol. The fourth-order valence-electron chi connectivity index (χ4n) is 2.48. The van der Waals surface area contributed by atoms with Crippen molar-refractivity contribution in [1.29, 1.82) is 0 Å². The third-order valence-corrected chi connectivity index (χ3v) is 3.84. The van der Waals surface area contributed by atoms with Crippen LogP contribution in [0.5, 0.6) is 0 Å². The first-order valence-electron chi connectivity index (χ1n) is 8.08. The Bertz CT molecular complexity index is 675. The van der Waals surface area contributed by atoms with E-state index in [1.807, 2.05) is 30.3 Å². The lowest BCUT2D eigenvalue weighted by atomic mass is 10.1. The zero-order chi connectivity index (χ0) is 18.3. The molecule has 2 aromatic carbocycles. The normalized spacial score (nSPS) is 10.9. The van der Waals surface area contributed by atoms with E-state index in [9.17, 15) is 18.0 Å². The topological polar surface area (TPSA) is 46.3 Å². The molecule has 0 fully saturated rings. The van der Waals surface area contributed by atoms with Gasteiger partial charge in [0.15, 0.2) is 0 Å². The summed E-state index contributed by atoms with van der Waals surface area (Å²) >= 11 is 0. The van der Waals surface area contributed by atoms with Gasteiger partial charge in [0.1, 0.15) is 0 Å². The maximum atomic E-state index is 12.6. The minimum Gasteiger partial charge on any atom is -0.338 e. The average molecular weight is 387 g/mol. The molecular formula is C19H22ClF3N2O. The molecule has 2 N–H and O–H groups in total. The Labute approximate surface area is 157 Å². The number of nitrogens with two attached hydrogens (primary N) is 1. The third-order valence-electron chi connectivity index (χ3n) is 3.84. The van der Waals surface area contributed by atoms with Gasteiger partial charge in [-0.05, 0) is 36.2 Å². The molecule has 0 aliphatic carbocycles. The van der Waals surface area contributed by atoms with Gasteiger partial charge in [-0.2, -0.15) is 13.2 Å². The molecule has 0 aromatic heterocycles. The molecule has 0 aliphatic heterocycles. The van der Waals surface area contributed by atoms with E-state index in [2.05, 4.69) is 0 Å². The van der Waals surface area contributed by atoms with Gasteiger partial charge in [0.05, 0.1) is 12.0 Å². The van der Waals surface area contributed by atoms with Gasteiger partial charge in [0.25, 0.3) is 0 Å². The lowest BCUT2D eigenvalue weighted by Gasteiger charge is -2.23. The Morgan fingerprint density at radius 1 is 0.962 bits per heavy atom. The minimum atomic E-state index is -4.37. The second-order valence-corrected chi connectivity index (χ2v) is 5.81. The van der Waals surface area contributed by atoms with Crippen molar-refractivity contribution in [2.75, 3.05) is 13.1 Å². The molecule has 0 aliphatic rings. The molecule has 0 atom stereocenters. The highest BCUT2D eigenvalue weighted by atomic mass is 35.5. The summed E-state index contributed by atoms with van der Waals surface area (Å²) in [5.41, 5.74) is 6.38. The van der Waals surface area contributed by atoms with E-state index in [0.717, 1.165) is 17.7 Å². The number of amides is 1. The number of rotatable bonds is 7. The van der Waals surface area contributed by atoms with E-state index in [1.54, 1.807) is 4.90 Å². The molecule has 0 heterocycles. The standard InChI is InChI=1S/C19H21F3N2O.ClH/c20-19(21,22)17-9-7-15(8-10-17)13-18(25)24(12-4-11-23)14-16-5-2-1-3-6-16;/h1-3,5-10H,4,11-14,23H2;1H. The van der Waals surface area contributed by atoms with Gasteiger partial charge in [0.2, 0.25) is 5.91 Å². The van der Waals surface area contributed by atoms with E-state index in [4.69, 9.17) is 5.73 Å². The van der Waals surface area contributed by atoms with Gasteiger partial charge >= 0.3 is 6.18 Å². The first-order chi connectivity index (χ1) is 11.9. The second-order valence-electron chi connectivity index (χ2n) is 5.81. The molecule has 1 amide bonds. The Balaban J connectivity index is 0.00000338. The van der Waals surface area contributed by atoms with Crippen LogP contribution in [0, 0.1) is 0 Å². The smallest absolute Gasteiger partial charge is 0.338 e. The molecule has 26 heavy (non-hydrogen) atoms. The molecule has 3 nitrogen and oxygen atoms in total. The molecule has 2 rings (SSSR count). The predicted octanol–water partition coefficient (Wildman–Crippen LogP) is 4.05. The van der Waals surface area contributed by atoms with Crippen LogP contribution in [-0.4, -0.2) is 23.9 Å². The lowest BCUT2D eigenvalue weighted by molar-refractivity contribution is -0.137. The zero-order valence-corrected chi connectivity index (χ0v) is 15.0. The number of nitrogens with zero attached hydrogens (tertiary/aromatic N) is 1. The number of hydrogen-bond acceptors (Lipinski definition) is 2. The summed E-state index contributed by atoms with van der Waals surface area (Å²) in [5.74, 6) is -0.128. The minimum absolute atomic E-state index is 0. The number of halogens is 4. The van der Waals surface area contributed by atoms with Crippen LogP contribution < -0.4 is 5.73 Å². The highest BCUT2D eigenvalue weighted by Gasteiger charge is 2.30. The molecule has 0 saturated carbocycles. The molecule has 0 saturated heterocycles. The van der Waals surface area contributed by atoms with Crippen molar-refractivity contribution in [3.05, 3.63) is 71.3 Å². The van der Waals surface area contributed by atoms with Crippen molar-refractivity contribution in [3.63, 3.8) is 0 Å². The van der Waals surface area contributed by atoms with Crippen molar-refractivity contribution >= 4 is 18.3 Å². The molecule has 0 radical (unpaired) electrons. The van der Waals surface area contributed by atoms with E-state index in [1.165, 1.54) is 12.1 Å². The first-order valence-corrected chi connectivity index (χ1v) is 8.08. The van der Waals surface area contributed by atoms with Crippen molar-refractivity contribution in [2.24, 2.45) is 5.73 Å². The van der Waals surface area contributed by atoms with Crippen LogP contribution in [0.25, 0.3) is 0 Å². The molecule has 2 aromatic rings. The summed E-state index contributed by atoms with van der Waals surface area (Å²) in [4.78, 5) is 14.3. The first kappa shape index (κ1) is 22.0. The van der Waals surface area contributed by atoms with E-state index >= 15 is 0 Å². The highest BCUT2D eigenvalue weighted by Crippen LogP contribution is 2.29. The maximum Gasteiger partial charge on any atom is 0.416 e. The van der Waals surface area contributed by atoms with E-state index in [0.29, 0.717) is 31.6 Å². The molecular weight excluding hydrogens is 365 g/mol. The largest absolute Gasteiger partial charge is 0.416 e. The fourth-order valence-corrected chi connectivity index (χ4v) is 2.48. The van der Waals surface area contributed by atoms with Crippen LogP contribution in [-0.2, 0) is 23.9 Å². The van der Waals surface area contributed by atoms with Crippen LogP contribution in [0.4, 0.5) is 13.2 Å². The summed E-state index contributed by atoms with van der Waals surface area (Å²) < 4.78 is 37.8. The monoisotopic (exact) mass is 386 g/mol.